The van der Waals surface area contributed by atoms with Crippen molar-refractivity contribution in [3.05, 3.63) is 52.4 Å². The zero-order valence-corrected chi connectivity index (χ0v) is 21.8. The van der Waals surface area contributed by atoms with Gasteiger partial charge in [-0.25, -0.2) is 0 Å². The molecule has 5 rings (SSSR count). The molecule has 42 heavy (non-hydrogen) atoms. The van der Waals surface area contributed by atoms with Crippen LogP contribution in [-0.2, 0) is 14.2 Å². The van der Waals surface area contributed by atoms with Crippen LogP contribution in [0.15, 0.2) is 51.4 Å². The lowest BCUT2D eigenvalue weighted by molar-refractivity contribution is -0.294. The number of aliphatic hydroxyl groups is 5. The molecule has 1 saturated heterocycles. The maximum atomic E-state index is 13.6. The predicted octanol–water partition coefficient (Wildman–Crippen LogP) is 0.0330. The summed E-state index contributed by atoms with van der Waals surface area (Å²) in [5, 5.41) is 91.1. The molecule has 15 nitrogen and oxygen atoms in total. The zero-order chi connectivity index (χ0) is 30.5. The number of aromatic hydroxyl groups is 4. The first-order valence-corrected chi connectivity index (χ1v) is 12.6. The summed E-state index contributed by atoms with van der Waals surface area (Å²) in [6.07, 6.45) is -11.1. The number of rotatable bonds is 6. The molecule has 1 fully saturated rings. The first kappa shape index (κ1) is 29.4. The standard InChI is InChI=1S/C27H28O15/c1-9-13(30)7-16(33)26(39-9)38-8-18-20(34)22(36)23(37)27(41-18)42-25-21(35)19-15(32)5-11(28)6-17(19)40-24(25)10-2-3-12(29)14(31)4-10/h2-7,9,16,18,20,22-23,26-34,36-37H,8H2,1H3/t9?,16-,18+,20+,22?,23?,26?,27-/m0/s1. The molecule has 4 unspecified atom stereocenters. The van der Waals surface area contributed by atoms with Gasteiger partial charge in [0.15, 0.2) is 23.5 Å². The highest BCUT2D eigenvalue weighted by Gasteiger charge is 2.46. The second-order valence-corrected chi connectivity index (χ2v) is 9.83. The van der Waals surface area contributed by atoms with Gasteiger partial charge in [-0.3, -0.25) is 4.79 Å². The van der Waals surface area contributed by atoms with Crippen LogP contribution in [0.1, 0.15) is 6.92 Å². The summed E-state index contributed by atoms with van der Waals surface area (Å²) >= 11 is 0. The SMILES string of the molecule is CC1OC(OC[C@H]2O[C@@H](Oc3c(-c4ccc(O)c(O)c4)oc4cc(O)cc(O)c4c3=O)C(O)C(O)[C@@H]2O)[C@@H](O)C=C1O. The van der Waals surface area contributed by atoms with Crippen LogP contribution in [0.5, 0.6) is 28.7 Å². The highest BCUT2D eigenvalue weighted by Crippen LogP contribution is 2.39. The first-order chi connectivity index (χ1) is 19.8. The maximum absolute atomic E-state index is 13.6. The van der Waals surface area contributed by atoms with Crippen LogP contribution < -0.4 is 10.2 Å². The fourth-order valence-electron chi connectivity index (χ4n) is 4.57. The second kappa shape index (κ2) is 11.3. The summed E-state index contributed by atoms with van der Waals surface area (Å²) in [7, 11) is 0. The molecular weight excluding hydrogens is 564 g/mol. The Balaban J connectivity index is 1.49. The van der Waals surface area contributed by atoms with Gasteiger partial charge in [-0.2, -0.15) is 0 Å². The highest BCUT2D eigenvalue weighted by atomic mass is 16.7. The lowest BCUT2D eigenvalue weighted by Gasteiger charge is -2.40. The van der Waals surface area contributed by atoms with Crippen molar-refractivity contribution in [1.29, 1.82) is 0 Å². The largest absolute Gasteiger partial charge is 0.510 e. The molecule has 0 spiro atoms. The molecular formula is C27H28O15. The van der Waals surface area contributed by atoms with Crippen LogP contribution in [-0.4, -0.2) is 102 Å². The Morgan fingerprint density at radius 3 is 2.29 bits per heavy atom. The van der Waals surface area contributed by atoms with Crippen molar-refractivity contribution in [3.8, 4) is 40.1 Å². The van der Waals surface area contributed by atoms with Gasteiger partial charge in [-0.05, 0) is 31.2 Å². The van der Waals surface area contributed by atoms with E-state index in [2.05, 4.69) is 0 Å². The van der Waals surface area contributed by atoms with Gasteiger partial charge in [-0.1, -0.05) is 0 Å². The molecule has 15 heteroatoms. The smallest absolute Gasteiger partial charge is 0.239 e. The van der Waals surface area contributed by atoms with E-state index in [0.717, 1.165) is 30.3 Å². The van der Waals surface area contributed by atoms with Crippen molar-refractivity contribution < 1.29 is 69.3 Å². The van der Waals surface area contributed by atoms with Crippen LogP contribution in [0.2, 0.25) is 0 Å². The lowest BCUT2D eigenvalue weighted by Crippen LogP contribution is -2.60. The zero-order valence-electron chi connectivity index (χ0n) is 21.8. The first-order valence-electron chi connectivity index (χ1n) is 12.6. The van der Waals surface area contributed by atoms with Crippen LogP contribution in [0, 0.1) is 0 Å². The maximum Gasteiger partial charge on any atom is 0.239 e. The molecule has 0 saturated carbocycles. The van der Waals surface area contributed by atoms with Crippen molar-refractivity contribution >= 4 is 11.0 Å². The van der Waals surface area contributed by atoms with Gasteiger partial charge in [0.1, 0.15) is 64.9 Å². The summed E-state index contributed by atoms with van der Waals surface area (Å²) in [4.78, 5) is 13.6. The molecule has 9 N–H and O–H groups in total. The van der Waals surface area contributed by atoms with E-state index in [9.17, 15) is 50.8 Å². The van der Waals surface area contributed by atoms with Crippen molar-refractivity contribution in [1.82, 2.24) is 0 Å². The fraction of sp³-hybridized carbons (Fsp3) is 0.370. The molecule has 0 amide bonds. The number of phenolic OH excluding ortho intramolecular Hbond substituents is 4. The van der Waals surface area contributed by atoms with E-state index >= 15 is 0 Å². The molecule has 2 aliphatic heterocycles. The molecule has 2 aromatic carbocycles. The van der Waals surface area contributed by atoms with E-state index in [1.807, 2.05) is 0 Å². The summed E-state index contributed by atoms with van der Waals surface area (Å²) in [5.41, 5.74) is -1.29. The van der Waals surface area contributed by atoms with E-state index < -0.39 is 95.4 Å². The monoisotopic (exact) mass is 592 g/mol. The molecule has 0 bridgehead atoms. The Morgan fingerprint density at radius 1 is 0.833 bits per heavy atom. The Hall–Kier alpha value is -4.09. The second-order valence-electron chi connectivity index (χ2n) is 9.83. The van der Waals surface area contributed by atoms with Gasteiger partial charge in [-0.15, -0.1) is 0 Å². The fourth-order valence-corrected chi connectivity index (χ4v) is 4.57. The third-order valence-electron chi connectivity index (χ3n) is 6.86. The van der Waals surface area contributed by atoms with E-state index in [1.165, 1.54) is 13.0 Å². The Bertz CT molecular complexity index is 1570. The minimum absolute atomic E-state index is 0.0123. The minimum atomic E-state index is -1.93. The summed E-state index contributed by atoms with van der Waals surface area (Å²) in [6, 6.07) is 5.30. The van der Waals surface area contributed by atoms with E-state index in [1.54, 1.807) is 0 Å². The van der Waals surface area contributed by atoms with Gasteiger partial charge in [0.2, 0.25) is 17.5 Å². The van der Waals surface area contributed by atoms with Crippen LogP contribution in [0.4, 0.5) is 0 Å². The van der Waals surface area contributed by atoms with E-state index in [-0.39, 0.29) is 22.7 Å². The summed E-state index contributed by atoms with van der Waals surface area (Å²) < 4.78 is 27.9. The summed E-state index contributed by atoms with van der Waals surface area (Å²) in [6.45, 7) is 0.989. The van der Waals surface area contributed by atoms with Crippen molar-refractivity contribution in [3.63, 3.8) is 0 Å². The number of fused-ring (bicyclic) bond motifs is 1. The molecule has 8 atom stereocenters. The predicted molar refractivity (Wildman–Crippen MR) is 139 cm³/mol. The topological polar surface area (TPSA) is 249 Å². The van der Waals surface area contributed by atoms with Gasteiger partial charge in [0.25, 0.3) is 0 Å². The van der Waals surface area contributed by atoms with E-state index in [0.29, 0.717) is 0 Å². The van der Waals surface area contributed by atoms with Crippen LogP contribution >= 0.6 is 0 Å². The van der Waals surface area contributed by atoms with Gasteiger partial charge in [0, 0.05) is 17.7 Å². The number of ether oxygens (including phenoxy) is 4. The highest BCUT2D eigenvalue weighted by molar-refractivity contribution is 5.88. The van der Waals surface area contributed by atoms with Crippen molar-refractivity contribution in [2.75, 3.05) is 6.61 Å². The quantitative estimate of drug-likeness (QED) is 0.171. The van der Waals surface area contributed by atoms with Crippen LogP contribution in [0.25, 0.3) is 22.3 Å². The van der Waals surface area contributed by atoms with Crippen LogP contribution in [0.3, 0.4) is 0 Å². The van der Waals surface area contributed by atoms with Crippen molar-refractivity contribution in [2.45, 2.75) is 56.1 Å². The molecule has 0 radical (unpaired) electrons. The number of hydrogen-bond donors (Lipinski definition) is 9. The Kier molecular flexibility index (Phi) is 7.91. The molecule has 1 aromatic heterocycles. The normalized spacial score (nSPS) is 29.8. The van der Waals surface area contributed by atoms with Gasteiger partial charge in [0.05, 0.1) is 6.61 Å². The Labute approximate surface area is 235 Å². The number of phenols is 4. The third kappa shape index (κ3) is 5.41. The molecule has 0 aliphatic carbocycles. The minimum Gasteiger partial charge on any atom is -0.510 e. The molecule has 226 valence electrons. The van der Waals surface area contributed by atoms with Gasteiger partial charge < -0.3 is 69.3 Å². The number of benzene rings is 2. The van der Waals surface area contributed by atoms with E-state index in [4.69, 9.17) is 23.4 Å². The average Bonchev–Trinajstić information content (AvgIpc) is 2.93. The summed E-state index contributed by atoms with van der Waals surface area (Å²) in [5.74, 6) is -3.44. The number of aliphatic hydroxyl groups excluding tert-OH is 5. The van der Waals surface area contributed by atoms with Crippen molar-refractivity contribution in [2.24, 2.45) is 0 Å². The molecule has 2 aliphatic rings. The molecule has 3 aromatic rings. The lowest BCUT2D eigenvalue weighted by atomic mass is 9.99. The average molecular weight is 593 g/mol. The Morgan fingerprint density at radius 2 is 1.57 bits per heavy atom. The molecule has 3 heterocycles. The third-order valence-corrected chi connectivity index (χ3v) is 6.86. The number of hydrogen-bond acceptors (Lipinski definition) is 15. The van der Waals surface area contributed by atoms with Gasteiger partial charge >= 0.3 is 0 Å².